The average molecular weight is 496 g/mol. The van der Waals surface area contributed by atoms with Crippen molar-refractivity contribution in [2.45, 2.75) is 70.5 Å². The molecule has 0 aliphatic heterocycles. The Labute approximate surface area is 206 Å². The van der Waals surface area contributed by atoms with E-state index in [0.717, 1.165) is 4.90 Å². The number of hydrogen-bond donors (Lipinski definition) is 1. The SMILES string of the molecule is CC[C@H](C(=O)NC(C)(C)C)N(Cc1c(Cl)cccc1Cl)C(=O)CCSc1ccc(C)cc1. The first-order valence-electron chi connectivity index (χ1n) is 10.8. The van der Waals surface area contributed by atoms with Crippen molar-refractivity contribution in [1.29, 1.82) is 0 Å². The van der Waals surface area contributed by atoms with Crippen LogP contribution in [0.15, 0.2) is 47.4 Å². The van der Waals surface area contributed by atoms with Crippen molar-refractivity contribution in [2.75, 3.05) is 5.75 Å². The third-order valence-electron chi connectivity index (χ3n) is 4.88. The fourth-order valence-corrected chi connectivity index (χ4v) is 4.62. The van der Waals surface area contributed by atoms with Gasteiger partial charge in [-0.25, -0.2) is 0 Å². The molecule has 0 heterocycles. The van der Waals surface area contributed by atoms with Gasteiger partial charge in [-0.15, -0.1) is 11.8 Å². The molecule has 2 aromatic carbocycles. The zero-order chi connectivity index (χ0) is 23.9. The maximum atomic E-state index is 13.3. The summed E-state index contributed by atoms with van der Waals surface area (Å²) in [5.74, 6) is 0.339. The van der Waals surface area contributed by atoms with Crippen molar-refractivity contribution >= 4 is 46.8 Å². The molecule has 0 fully saturated rings. The van der Waals surface area contributed by atoms with Gasteiger partial charge in [-0.2, -0.15) is 0 Å². The number of benzene rings is 2. The molecule has 0 radical (unpaired) electrons. The Kier molecular flexibility index (Phi) is 9.93. The molecule has 7 heteroatoms. The molecule has 0 saturated heterocycles. The van der Waals surface area contributed by atoms with E-state index in [4.69, 9.17) is 23.2 Å². The van der Waals surface area contributed by atoms with Crippen LogP contribution in [0.4, 0.5) is 0 Å². The summed E-state index contributed by atoms with van der Waals surface area (Å²) >= 11 is 14.4. The van der Waals surface area contributed by atoms with E-state index in [1.165, 1.54) is 5.56 Å². The van der Waals surface area contributed by atoms with Gasteiger partial charge in [0.1, 0.15) is 6.04 Å². The quantitative estimate of drug-likeness (QED) is 0.404. The van der Waals surface area contributed by atoms with Gasteiger partial charge >= 0.3 is 0 Å². The van der Waals surface area contributed by atoms with Crippen LogP contribution in [0.1, 0.15) is 51.7 Å². The number of nitrogens with zero attached hydrogens (tertiary/aromatic N) is 1. The zero-order valence-corrected chi connectivity index (χ0v) is 21.7. The highest BCUT2D eigenvalue weighted by Gasteiger charge is 2.31. The van der Waals surface area contributed by atoms with Crippen LogP contribution >= 0.6 is 35.0 Å². The first-order valence-corrected chi connectivity index (χ1v) is 12.5. The predicted molar refractivity (Wildman–Crippen MR) is 136 cm³/mol. The van der Waals surface area contributed by atoms with Gasteiger partial charge in [-0.1, -0.05) is 53.9 Å². The summed E-state index contributed by atoms with van der Waals surface area (Å²) in [4.78, 5) is 29.1. The third kappa shape index (κ3) is 8.02. The van der Waals surface area contributed by atoms with E-state index in [9.17, 15) is 9.59 Å². The molecule has 0 aliphatic rings. The van der Waals surface area contributed by atoms with Crippen LogP contribution < -0.4 is 5.32 Å². The van der Waals surface area contributed by atoms with E-state index in [-0.39, 0.29) is 18.4 Å². The van der Waals surface area contributed by atoms with Gasteiger partial charge in [0.05, 0.1) is 0 Å². The van der Waals surface area contributed by atoms with Crippen molar-refractivity contribution in [3.8, 4) is 0 Å². The number of hydrogen-bond acceptors (Lipinski definition) is 3. The molecule has 0 bridgehead atoms. The highest BCUT2D eigenvalue weighted by molar-refractivity contribution is 7.99. The van der Waals surface area contributed by atoms with Crippen LogP contribution in [0.5, 0.6) is 0 Å². The number of amides is 2. The first-order chi connectivity index (χ1) is 15.0. The molecule has 1 N–H and O–H groups in total. The zero-order valence-electron chi connectivity index (χ0n) is 19.4. The van der Waals surface area contributed by atoms with E-state index in [1.54, 1.807) is 34.9 Å². The standard InChI is InChI=1S/C25H32Cl2N2O2S/c1-6-22(24(31)28-25(3,4)5)29(16-19-20(26)8-7-9-21(19)27)23(30)14-15-32-18-12-10-17(2)11-13-18/h7-13,22H,6,14-16H2,1-5H3,(H,28,31)/t22-/m1/s1. The summed E-state index contributed by atoms with van der Waals surface area (Å²) in [6, 6.07) is 12.9. The lowest BCUT2D eigenvalue weighted by atomic mass is 10.1. The Balaban J connectivity index is 2.22. The summed E-state index contributed by atoms with van der Waals surface area (Å²) in [7, 11) is 0. The summed E-state index contributed by atoms with van der Waals surface area (Å²) in [6.45, 7) is 9.90. The van der Waals surface area contributed by atoms with Crippen LogP contribution in [0.25, 0.3) is 0 Å². The Bertz CT molecular complexity index is 906. The Morgan fingerprint density at radius 2 is 1.66 bits per heavy atom. The predicted octanol–water partition coefficient (Wildman–Crippen LogP) is 6.51. The molecule has 4 nitrogen and oxygen atoms in total. The summed E-state index contributed by atoms with van der Waals surface area (Å²) in [5, 5.41) is 3.97. The number of aryl methyl sites for hydroxylation is 1. The van der Waals surface area contributed by atoms with Crippen molar-refractivity contribution in [1.82, 2.24) is 10.2 Å². The number of carbonyl (C=O) groups is 2. The van der Waals surface area contributed by atoms with Gasteiger partial charge in [0, 0.05) is 44.8 Å². The van der Waals surface area contributed by atoms with Gasteiger partial charge in [0.25, 0.3) is 0 Å². The smallest absolute Gasteiger partial charge is 0.243 e. The van der Waals surface area contributed by atoms with Gasteiger partial charge in [-0.05, 0) is 58.4 Å². The topological polar surface area (TPSA) is 49.4 Å². The summed E-state index contributed by atoms with van der Waals surface area (Å²) in [5.41, 5.74) is 1.45. The Morgan fingerprint density at radius 1 is 1.06 bits per heavy atom. The lowest BCUT2D eigenvalue weighted by Gasteiger charge is -2.33. The van der Waals surface area contributed by atoms with E-state index < -0.39 is 11.6 Å². The third-order valence-corrected chi connectivity index (χ3v) is 6.60. The number of nitrogens with one attached hydrogen (secondary N) is 1. The molecule has 0 aliphatic carbocycles. The molecule has 2 aromatic rings. The maximum absolute atomic E-state index is 13.3. The largest absolute Gasteiger partial charge is 0.350 e. The minimum Gasteiger partial charge on any atom is -0.350 e. The second-order valence-corrected chi connectivity index (χ2v) is 10.8. The minimum absolute atomic E-state index is 0.100. The highest BCUT2D eigenvalue weighted by atomic mass is 35.5. The van der Waals surface area contributed by atoms with Crippen LogP contribution in [-0.2, 0) is 16.1 Å². The lowest BCUT2D eigenvalue weighted by molar-refractivity contribution is -0.141. The molecular formula is C25H32Cl2N2O2S. The molecule has 32 heavy (non-hydrogen) atoms. The first kappa shape index (κ1) is 26.6. The normalized spacial score (nSPS) is 12.3. The molecule has 174 valence electrons. The fourth-order valence-electron chi connectivity index (χ4n) is 3.26. The van der Waals surface area contributed by atoms with Gasteiger partial charge in [0.2, 0.25) is 11.8 Å². The highest BCUT2D eigenvalue weighted by Crippen LogP contribution is 2.28. The average Bonchev–Trinajstić information content (AvgIpc) is 2.70. The second-order valence-electron chi connectivity index (χ2n) is 8.80. The van der Waals surface area contributed by atoms with E-state index in [1.807, 2.05) is 34.6 Å². The lowest BCUT2D eigenvalue weighted by Crippen LogP contribution is -2.53. The molecule has 1 atom stereocenters. The van der Waals surface area contributed by atoms with E-state index in [2.05, 4.69) is 29.6 Å². The fraction of sp³-hybridized carbons (Fsp3) is 0.440. The number of carbonyl (C=O) groups excluding carboxylic acids is 2. The van der Waals surface area contributed by atoms with Crippen molar-refractivity contribution in [2.24, 2.45) is 0 Å². The van der Waals surface area contributed by atoms with Gasteiger partial charge in [0.15, 0.2) is 0 Å². The van der Waals surface area contributed by atoms with Crippen molar-refractivity contribution in [3.63, 3.8) is 0 Å². The van der Waals surface area contributed by atoms with Crippen LogP contribution in [-0.4, -0.2) is 34.0 Å². The number of halogens is 2. The van der Waals surface area contributed by atoms with Crippen LogP contribution in [0.2, 0.25) is 10.0 Å². The van der Waals surface area contributed by atoms with Gasteiger partial charge in [-0.3, -0.25) is 9.59 Å². The van der Waals surface area contributed by atoms with E-state index >= 15 is 0 Å². The van der Waals surface area contributed by atoms with Crippen LogP contribution in [0.3, 0.4) is 0 Å². The van der Waals surface area contributed by atoms with Crippen LogP contribution in [0, 0.1) is 6.92 Å². The summed E-state index contributed by atoms with van der Waals surface area (Å²) in [6.07, 6.45) is 0.792. The van der Waals surface area contributed by atoms with Crippen molar-refractivity contribution in [3.05, 3.63) is 63.6 Å². The second kappa shape index (κ2) is 12.0. The monoisotopic (exact) mass is 494 g/mol. The number of thioether (sulfide) groups is 1. The van der Waals surface area contributed by atoms with Crippen molar-refractivity contribution < 1.29 is 9.59 Å². The molecule has 2 rings (SSSR count). The molecule has 0 unspecified atom stereocenters. The molecule has 0 saturated carbocycles. The molecule has 2 amide bonds. The summed E-state index contributed by atoms with van der Waals surface area (Å²) < 4.78 is 0. The Morgan fingerprint density at radius 3 is 2.19 bits per heavy atom. The van der Waals surface area contributed by atoms with E-state index in [0.29, 0.717) is 34.2 Å². The van der Waals surface area contributed by atoms with Gasteiger partial charge < -0.3 is 10.2 Å². The molecular weight excluding hydrogens is 463 g/mol. The minimum atomic E-state index is -0.613. The molecule has 0 spiro atoms. The molecule has 0 aromatic heterocycles. The maximum Gasteiger partial charge on any atom is 0.243 e. The Hall–Kier alpha value is -1.69. The number of rotatable bonds is 9.